The molecule has 42 heavy (non-hydrogen) atoms. The summed E-state index contributed by atoms with van der Waals surface area (Å²) in [5.41, 5.74) is 0.557. The van der Waals surface area contributed by atoms with Gasteiger partial charge in [0, 0.05) is 10.8 Å². The molecule has 0 fully saturated rings. The Bertz CT molecular complexity index is 1770. The Morgan fingerprint density at radius 2 is 0.905 bits per heavy atom. The van der Waals surface area contributed by atoms with Crippen LogP contribution < -0.4 is 32.2 Å². The Kier molecular flexibility index (Phi) is 7.21. The Labute approximate surface area is 238 Å². The molecule has 0 unspecified atom stereocenters. The van der Waals surface area contributed by atoms with E-state index in [-0.39, 0.29) is 22.9 Å². The first kappa shape index (κ1) is 28.0. The molecule has 12 nitrogen and oxygen atoms in total. The minimum absolute atomic E-state index is 0.188. The van der Waals surface area contributed by atoms with Gasteiger partial charge in [-0.3, -0.25) is 19.9 Å². The highest BCUT2D eigenvalue weighted by molar-refractivity contribution is 5.46. The van der Waals surface area contributed by atoms with Gasteiger partial charge in [-0.1, -0.05) is 76.2 Å². The molecule has 0 spiro atoms. The topological polar surface area (TPSA) is 176 Å². The number of H-pyrrole nitrogens is 4. The van der Waals surface area contributed by atoms with Crippen molar-refractivity contribution >= 4 is 0 Å². The van der Waals surface area contributed by atoms with E-state index in [1.807, 2.05) is 40.3 Å². The van der Waals surface area contributed by atoms with E-state index in [4.69, 9.17) is 9.47 Å². The highest BCUT2D eigenvalue weighted by Gasteiger charge is 2.28. The minimum Gasteiger partial charge on any atom is -0.425 e. The van der Waals surface area contributed by atoms with Crippen molar-refractivity contribution in [3.05, 3.63) is 137 Å². The van der Waals surface area contributed by atoms with E-state index < -0.39 is 22.8 Å². The lowest BCUT2D eigenvalue weighted by Crippen LogP contribution is -2.24. The largest absolute Gasteiger partial charge is 0.425 e. The van der Waals surface area contributed by atoms with Gasteiger partial charge in [0.05, 0.1) is 0 Å². The third-order valence-corrected chi connectivity index (χ3v) is 7.18. The number of hydrogen-bond donors (Lipinski definition) is 4. The third-order valence-electron chi connectivity index (χ3n) is 7.18. The fraction of sp³-hybridized carbons (Fsp3) is 0.200. The molecule has 2 aromatic heterocycles. The van der Waals surface area contributed by atoms with Crippen LogP contribution in [0.2, 0.25) is 0 Å². The smallest absolute Gasteiger partial charge is 0.353 e. The summed E-state index contributed by atoms with van der Waals surface area (Å²) in [7, 11) is 0. The molecule has 5 aromatic rings. The zero-order chi connectivity index (χ0) is 30.1. The summed E-state index contributed by atoms with van der Waals surface area (Å²) in [6.07, 6.45) is 0. The van der Waals surface area contributed by atoms with Crippen molar-refractivity contribution < 1.29 is 9.47 Å². The lowest BCUT2D eigenvalue weighted by atomic mass is 9.73. The quantitative estimate of drug-likeness (QED) is 0.220. The zero-order valence-corrected chi connectivity index (χ0v) is 23.3. The van der Waals surface area contributed by atoms with E-state index in [1.165, 1.54) is 0 Å². The highest BCUT2D eigenvalue weighted by Crippen LogP contribution is 2.38. The van der Waals surface area contributed by atoms with Crippen LogP contribution >= 0.6 is 0 Å². The van der Waals surface area contributed by atoms with Crippen molar-refractivity contribution in [2.75, 3.05) is 0 Å². The van der Waals surface area contributed by atoms with Crippen molar-refractivity contribution in [3.8, 4) is 23.5 Å². The SMILES string of the molecule is CC(C)(c1ccc(Oc2nc(=O)[nH]c(=O)[nH]2)cc1)c1cccc(C(C)(C)c2ccc(Oc3nc(=O)[nH]c(=O)[nH]3)cc2)c1. The van der Waals surface area contributed by atoms with E-state index in [9.17, 15) is 19.2 Å². The van der Waals surface area contributed by atoms with Crippen LogP contribution in [-0.4, -0.2) is 29.9 Å². The third kappa shape index (κ3) is 5.97. The van der Waals surface area contributed by atoms with Gasteiger partial charge in [0.25, 0.3) is 0 Å². The Morgan fingerprint density at radius 1 is 0.524 bits per heavy atom. The molecular weight excluding hydrogens is 540 g/mol. The van der Waals surface area contributed by atoms with Crippen LogP contribution in [0.4, 0.5) is 0 Å². The lowest BCUT2D eigenvalue weighted by molar-refractivity contribution is 0.433. The Morgan fingerprint density at radius 3 is 1.26 bits per heavy atom. The average Bonchev–Trinajstić information content (AvgIpc) is 2.93. The molecule has 2 heterocycles. The van der Waals surface area contributed by atoms with Gasteiger partial charge in [-0.15, -0.1) is 9.97 Å². The molecule has 0 bridgehead atoms. The summed E-state index contributed by atoms with van der Waals surface area (Å²) < 4.78 is 11.1. The van der Waals surface area contributed by atoms with Crippen LogP contribution in [0.15, 0.2) is 92.0 Å². The van der Waals surface area contributed by atoms with E-state index in [2.05, 4.69) is 65.8 Å². The van der Waals surface area contributed by atoms with Crippen LogP contribution in [0.3, 0.4) is 0 Å². The molecule has 0 saturated carbocycles. The van der Waals surface area contributed by atoms with Crippen LogP contribution in [-0.2, 0) is 10.8 Å². The van der Waals surface area contributed by atoms with Crippen LogP contribution in [0.1, 0.15) is 49.9 Å². The predicted octanol–water partition coefficient (Wildman–Crippen LogP) is 3.47. The number of aromatic nitrogens is 6. The van der Waals surface area contributed by atoms with Crippen LogP contribution in [0.25, 0.3) is 0 Å². The molecule has 0 aliphatic heterocycles. The lowest BCUT2D eigenvalue weighted by Gasteiger charge is -2.31. The normalized spacial score (nSPS) is 11.7. The van der Waals surface area contributed by atoms with Gasteiger partial charge in [0.2, 0.25) is 0 Å². The van der Waals surface area contributed by atoms with Crippen LogP contribution in [0, 0.1) is 0 Å². The molecule has 0 radical (unpaired) electrons. The summed E-state index contributed by atoms with van der Waals surface area (Å²) in [6.45, 7) is 8.52. The summed E-state index contributed by atoms with van der Waals surface area (Å²) >= 11 is 0. The molecule has 0 aliphatic rings. The predicted molar refractivity (Wildman–Crippen MR) is 155 cm³/mol. The molecular formula is C30H28N6O6. The fourth-order valence-corrected chi connectivity index (χ4v) is 4.58. The number of ether oxygens (including phenoxy) is 2. The van der Waals surface area contributed by atoms with E-state index in [0.717, 1.165) is 22.3 Å². The number of hydrogen-bond acceptors (Lipinski definition) is 8. The second-order valence-electron chi connectivity index (χ2n) is 10.7. The molecule has 214 valence electrons. The summed E-state index contributed by atoms with van der Waals surface area (Å²) in [5.74, 6) is 0.846. The van der Waals surface area contributed by atoms with Crippen molar-refractivity contribution in [3.63, 3.8) is 0 Å². The standard InChI is InChI=1S/C30H28N6O6/c1-29(2,17-8-12-21(13-9-17)41-27-33-23(37)31-24(38)34-27)19-6-5-7-20(16-19)30(3,4)18-10-14-22(15-11-18)42-28-35-25(39)32-26(40)36-28/h5-16H,1-4H3,(H2,31,33,34,37,38)(H2,32,35,36,39,40). The zero-order valence-electron chi connectivity index (χ0n) is 23.3. The van der Waals surface area contributed by atoms with E-state index in [0.29, 0.717) is 11.5 Å². The average molecular weight is 569 g/mol. The number of benzene rings is 3. The molecule has 0 atom stereocenters. The molecule has 0 saturated heterocycles. The van der Waals surface area contributed by atoms with Crippen molar-refractivity contribution in [1.29, 1.82) is 0 Å². The second-order valence-corrected chi connectivity index (χ2v) is 10.7. The van der Waals surface area contributed by atoms with Gasteiger partial charge < -0.3 is 9.47 Å². The molecule has 3 aromatic carbocycles. The van der Waals surface area contributed by atoms with E-state index >= 15 is 0 Å². The summed E-state index contributed by atoms with van der Waals surface area (Å²) in [6, 6.07) is 22.8. The van der Waals surface area contributed by atoms with E-state index in [1.54, 1.807) is 24.3 Å². The molecule has 4 N–H and O–H groups in total. The molecule has 12 heteroatoms. The number of aromatic amines is 4. The van der Waals surface area contributed by atoms with Crippen LogP contribution in [0.5, 0.6) is 23.5 Å². The first-order valence-corrected chi connectivity index (χ1v) is 13.0. The maximum Gasteiger partial charge on any atom is 0.353 e. The van der Waals surface area contributed by atoms with Gasteiger partial charge in [-0.25, -0.2) is 19.2 Å². The van der Waals surface area contributed by atoms with Gasteiger partial charge in [0.15, 0.2) is 0 Å². The van der Waals surface area contributed by atoms with Crippen molar-refractivity contribution in [2.45, 2.75) is 38.5 Å². The number of rotatable bonds is 8. The van der Waals surface area contributed by atoms with Gasteiger partial charge in [-0.2, -0.15) is 0 Å². The Hall–Kier alpha value is -5.52. The first-order chi connectivity index (χ1) is 19.9. The Balaban J connectivity index is 1.35. The minimum atomic E-state index is -0.793. The maximum absolute atomic E-state index is 11.5. The fourth-order valence-electron chi connectivity index (χ4n) is 4.58. The number of nitrogens with zero attached hydrogens (tertiary/aromatic N) is 2. The summed E-state index contributed by atoms with van der Waals surface area (Å²) in [4.78, 5) is 61.7. The van der Waals surface area contributed by atoms with Gasteiger partial charge >= 0.3 is 34.8 Å². The number of nitrogens with one attached hydrogen (secondary N) is 4. The highest BCUT2D eigenvalue weighted by atomic mass is 16.5. The molecule has 0 aliphatic carbocycles. The molecule has 0 amide bonds. The van der Waals surface area contributed by atoms with Gasteiger partial charge in [-0.05, 0) is 46.5 Å². The monoisotopic (exact) mass is 568 g/mol. The van der Waals surface area contributed by atoms with Crippen molar-refractivity contribution in [1.82, 2.24) is 29.9 Å². The second kappa shape index (κ2) is 10.8. The molecule has 5 rings (SSSR count). The first-order valence-electron chi connectivity index (χ1n) is 13.0. The summed E-state index contributed by atoms with van der Waals surface area (Å²) in [5, 5.41) is 0. The van der Waals surface area contributed by atoms with Crippen molar-refractivity contribution in [2.24, 2.45) is 0 Å². The maximum atomic E-state index is 11.5. The van der Waals surface area contributed by atoms with Gasteiger partial charge in [0.1, 0.15) is 11.5 Å².